The fourth-order valence-corrected chi connectivity index (χ4v) is 4.33. The Morgan fingerprint density at radius 3 is 2.44 bits per heavy atom. The van der Waals surface area contributed by atoms with E-state index in [1.807, 2.05) is 0 Å². The van der Waals surface area contributed by atoms with Crippen LogP contribution in [-0.2, 0) is 0 Å². The Kier molecular flexibility index (Phi) is 7.89. The summed E-state index contributed by atoms with van der Waals surface area (Å²) >= 11 is 12.0. The molecule has 2 aromatic carbocycles. The van der Waals surface area contributed by atoms with Crippen LogP contribution in [0, 0.1) is 0 Å². The van der Waals surface area contributed by atoms with Crippen LogP contribution in [0.2, 0.25) is 0 Å². The van der Waals surface area contributed by atoms with Crippen LogP contribution < -0.4 is 25.4 Å². The summed E-state index contributed by atoms with van der Waals surface area (Å²) in [6.45, 7) is 0. The first-order valence-electron chi connectivity index (χ1n) is 9.00. The molecule has 3 aromatic rings. The molecule has 3 N–H and O–H groups in total. The molecule has 2 amide bonds. The van der Waals surface area contributed by atoms with Crippen LogP contribution in [0.1, 0.15) is 20.9 Å². The van der Waals surface area contributed by atoms with Gasteiger partial charge < -0.3 is 24.5 Å². The van der Waals surface area contributed by atoms with Gasteiger partial charge in [0.05, 0.1) is 36.2 Å². The average Bonchev–Trinajstić information content (AvgIpc) is 3.28. The van der Waals surface area contributed by atoms with Crippen LogP contribution in [-0.4, -0.2) is 31.1 Å². The van der Waals surface area contributed by atoms with Gasteiger partial charge in [0.15, 0.2) is 10.9 Å². The lowest BCUT2D eigenvalue weighted by molar-refractivity contribution is 0.0972. The molecule has 0 atom stereocenters. The summed E-state index contributed by atoms with van der Waals surface area (Å²) in [4.78, 5) is 25.0. The predicted octanol–water partition coefficient (Wildman–Crippen LogP) is 5.20. The van der Waals surface area contributed by atoms with Crippen molar-refractivity contribution in [3.63, 3.8) is 0 Å². The minimum Gasteiger partial charge on any atom is -0.495 e. The van der Waals surface area contributed by atoms with Crippen molar-refractivity contribution in [3.05, 3.63) is 69.0 Å². The second kappa shape index (κ2) is 10.6. The van der Waals surface area contributed by atoms with E-state index in [4.69, 9.17) is 26.1 Å². The van der Waals surface area contributed by atoms with Crippen molar-refractivity contribution in [2.24, 2.45) is 0 Å². The van der Waals surface area contributed by atoms with E-state index < -0.39 is 11.8 Å². The molecule has 0 saturated carbocycles. The van der Waals surface area contributed by atoms with Crippen molar-refractivity contribution in [1.82, 2.24) is 5.32 Å². The maximum atomic E-state index is 12.8. The molecule has 0 spiro atoms. The summed E-state index contributed by atoms with van der Waals surface area (Å²) in [7, 11) is 2.96. The van der Waals surface area contributed by atoms with Crippen LogP contribution >= 0.6 is 44.1 Å². The molecule has 0 saturated heterocycles. The van der Waals surface area contributed by atoms with Gasteiger partial charge in [-0.25, -0.2) is 0 Å². The average molecular weight is 583 g/mol. The van der Waals surface area contributed by atoms with Gasteiger partial charge in [-0.3, -0.25) is 14.9 Å². The van der Waals surface area contributed by atoms with Crippen molar-refractivity contribution >= 4 is 72.4 Å². The number of halogens is 2. The zero-order valence-corrected chi connectivity index (χ0v) is 20.8. The highest BCUT2D eigenvalue weighted by molar-refractivity contribution is 9.11. The molecule has 0 bridgehead atoms. The number of benzene rings is 2. The number of rotatable bonds is 6. The van der Waals surface area contributed by atoms with Crippen LogP contribution in [0.3, 0.4) is 0 Å². The van der Waals surface area contributed by atoms with E-state index >= 15 is 0 Å². The number of furan rings is 1. The number of carbonyl (C=O) groups excluding carboxylic acids is 2. The van der Waals surface area contributed by atoms with Crippen LogP contribution in [0.15, 0.2) is 62.1 Å². The topological polar surface area (TPSA) is 102 Å². The second-order valence-corrected chi connectivity index (χ2v) is 8.40. The third-order valence-corrected chi connectivity index (χ3v) is 5.39. The smallest absolute Gasteiger partial charge is 0.291 e. The number of ether oxygens (including phenoxy) is 2. The summed E-state index contributed by atoms with van der Waals surface area (Å²) in [5.41, 5.74) is 1.20. The Morgan fingerprint density at radius 2 is 1.78 bits per heavy atom. The summed E-state index contributed by atoms with van der Waals surface area (Å²) in [6.07, 6.45) is 1.41. The third-order valence-electron chi connectivity index (χ3n) is 4.13. The summed E-state index contributed by atoms with van der Waals surface area (Å²) in [5.74, 6) is 0.123. The van der Waals surface area contributed by atoms with E-state index in [-0.39, 0.29) is 16.4 Å². The fraction of sp³-hybridized carbons (Fsp3) is 0.0952. The molecule has 0 fully saturated rings. The van der Waals surface area contributed by atoms with E-state index in [0.717, 1.165) is 0 Å². The van der Waals surface area contributed by atoms with Gasteiger partial charge >= 0.3 is 0 Å². The summed E-state index contributed by atoms with van der Waals surface area (Å²) < 4.78 is 17.0. The first-order valence-corrected chi connectivity index (χ1v) is 11.0. The number of nitrogens with one attached hydrogen (secondary N) is 3. The number of hydrogen-bond donors (Lipinski definition) is 3. The Bertz CT molecular complexity index is 1170. The van der Waals surface area contributed by atoms with E-state index in [1.54, 1.807) is 42.5 Å². The Morgan fingerprint density at radius 1 is 1.00 bits per heavy atom. The first-order chi connectivity index (χ1) is 15.3. The van der Waals surface area contributed by atoms with Gasteiger partial charge in [-0.05, 0) is 70.6 Å². The van der Waals surface area contributed by atoms with Crippen molar-refractivity contribution in [2.75, 3.05) is 24.9 Å². The van der Waals surface area contributed by atoms with Crippen molar-refractivity contribution in [3.8, 4) is 11.5 Å². The quantitative estimate of drug-likeness (QED) is 0.343. The monoisotopic (exact) mass is 581 g/mol. The molecule has 3 rings (SSSR count). The van der Waals surface area contributed by atoms with Gasteiger partial charge in [-0.1, -0.05) is 15.9 Å². The van der Waals surface area contributed by atoms with Crippen LogP contribution in [0.25, 0.3) is 0 Å². The first kappa shape index (κ1) is 23.8. The molecule has 11 heteroatoms. The van der Waals surface area contributed by atoms with E-state index in [9.17, 15) is 9.59 Å². The Labute approximate surface area is 205 Å². The maximum absolute atomic E-state index is 12.8. The standard InChI is InChI=1S/C21H17Br2N3O5S/c1-29-16-6-5-12(24-20(28)17-4-3-7-31-17)10-15(16)25-21(32)26-19(27)13-8-11(22)9-14(23)18(13)30-2/h3-10H,1-2H3,(H,24,28)(H2,25,26,27,32). The van der Waals surface area contributed by atoms with E-state index in [1.165, 1.54) is 20.5 Å². The predicted molar refractivity (Wildman–Crippen MR) is 132 cm³/mol. The molecule has 32 heavy (non-hydrogen) atoms. The van der Waals surface area contributed by atoms with Crippen molar-refractivity contribution in [2.45, 2.75) is 0 Å². The minimum atomic E-state index is -0.470. The largest absolute Gasteiger partial charge is 0.495 e. The SMILES string of the molecule is COc1ccc(NC(=O)c2ccco2)cc1NC(=S)NC(=O)c1cc(Br)cc(Br)c1OC. The lowest BCUT2D eigenvalue weighted by atomic mass is 10.2. The number of carbonyl (C=O) groups is 2. The Balaban J connectivity index is 1.75. The Hall–Kier alpha value is -2.89. The van der Waals surface area contributed by atoms with E-state index in [0.29, 0.717) is 31.8 Å². The molecule has 0 aliphatic rings. The molecule has 8 nitrogen and oxygen atoms in total. The normalized spacial score (nSPS) is 10.2. The lowest BCUT2D eigenvalue weighted by Crippen LogP contribution is -2.34. The number of methoxy groups -OCH3 is 2. The molecular formula is C21H17Br2N3O5S. The fourth-order valence-electron chi connectivity index (χ4n) is 2.74. The molecule has 0 radical (unpaired) electrons. The molecular weight excluding hydrogens is 566 g/mol. The maximum Gasteiger partial charge on any atom is 0.291 e. The zero-order chi connectivity index (χ0) is 23.3. The van der Waals surface area contributed by atoms with Gasteiger partial charge in [0.1, 0.15) is 11.5 Å². The third kappa shape index (κ3) is 5.67. The summed E-state index contributed by atoms with van der Waals surface area (Å²) in [6, 6.07) is 11.5. The molecule has 1 aromatic heterocycles. The number of thiocarbonyl (C=S) groups is 1. The number of amides is 2. The molecule has 0 aliphatic heterocycles. The van der Waals surface area contributed by atoms with Crippen LogP contribution in [0.4, 0.5) is 11.4 Å². The highest BCUT2D eigenvalue weighted by Crippen LogP contribution is 2.33. The van der Waals surface area contributed by atoms with E-state index in [2.05, 4.69) is 47.8 Å². The highest BCUT2D eigenvalue weighted by atomic mass is 79.9. The van der Waals surface area contributed by atoms with Crippen molar-refractivity contribution < 1.29 is 23.5 Å². The van der Waals surface area contributed by atoms with Gasteiger partial charge in [0, 0.05) is 10.2 Å². The lowest BCUT2D eigenvalue weighted by Gasteiger charge is -2.15. The van der Waals surface area contributed by atoms with Crippen molar-refractivity contribution in [1.29, 1.82) is 0 Å². The van der Waals surface area contributed by atoms with Crippen LogP contribution in [0.5, 0.6) is 11.5 Å². The number of hydrogen-bond acceptors (Lipinski definition) is 6. The molecule has 0 unspecified atom stereocenters. The highest BCUT2D eigenvalue weighted by Gasteiger charge is 2.18. The van der Waals surface area contributed by atoms with Gasteiger partial charge in [0.2, 0.25) is 0 Å². The van der Waals surface area contributed by atoms with Gasteiger partial charge in [0.25, 0.3) is 11.8 Å². The van der Waals surface area contributed by atoms with Gasteiger partial charge in [-0.2, -0.15) is 0 Å². The summed E-state index contributed by atoms with van der Waals surface area (Å²) in [5, 5.41) is 8.27. The molecule has 1 heterocycles. The minimum absolute atomic E-state index is 0.0287. The van der Waals surface area contributed by atoms with Gasteiger partial charge in [-0.15, -0.1) is 0 Å². The zero-order valence-electron chi connectivity index (χ0n) is 16.8. The molecule has 0 aliphatic carbocycles. The molecule has 166 valence electrons. The second-order valence-electron chi connectivity index (χ2n) is 6.22. The number of anilines is 2.